The molecule has 1 aromatic carbocycles. The minimum Gasteiger partial charge on any atom is -0.356 e. The molecule has 2 aromatic rings. The van der Waals surface area contributed by atoms with Gasteiger partial charge in [0.1, 0.15) is 5.82 Å². The molecule has 1 fully saturated rings. The third kappa shape index (κ3) is 4.87. The number of anilines is 1. The molecular weight excluding hydrogens is 347 g/mol. The fraction of sp³-hybridized carbons (Fsp3) is 0.444. The number of benzene rings is 1. The van der Waals surface area contributed by atoms with Crippen molar-refractivity contribution in [2.45, 2.75) is 36.9 Å². The smallest absolute Gasteiger partial charge is 0.356 e. The van der Waals surface area contributed by atoms with E-state index in [1.807, 2.05) is 6.07 Å². The van der Waals surface area contributed by atoms with Crippen molar-refractivity contribution < 1.29 is 13.2 Å². The minimum atomic E-state index is -4.32. The average Bonchev–Trinajstić information content (AvgIpc) is 2.60. The molecule has 0 unspecified atom stereocenters. The van der Waals surface area contributed by atoms with Crippen LogP contribution in [0.15, 0.2) is 41.7 Å². The normalized spacial score (nSPS) is 16.2. The van der Waals surface area contributed by atoms with Crippen molar-refractivity contribution in [3.63, 3.8) is 0 Å². The van der Waals surface area contributed by atoms with Gasteiger partial charge in [-0.2, -0.15) is 13.2 Å². The number of rotatable bonds is 4. The predicted molar refractivity (Wildman–Crippen MR) is 93.6 cm³/mol. The summed E-state index contributed by atoms with van der Waals surface area (Å²) in [7, 11) is 0. The zero-order valence-electron chi connectivity index (χ0n) is 14.0. The lowest BCUT2D eigenvalue weighted by Crippen LogP contribution is -2.33. The Morgan fingerprint density at radius 2 is 1.96 bits per heavy atom. The van der Waals surface area contributed by atoms with Gasteiger partial charge in [-0.25, -0.2) is 9.97 Å². The summed E-state index contributed by atoms with van der Waals surface area (Å²) in [5.74, 6) is 2.05. The van der Waals surface area contributed by atoms with E-state index in [1.54, 1.807) is 12.3 Å². The van der Waals surface area contributed by atoms with Gasteiger partial charge < -0.3 is 4.90 Å². The molecule has 7 heteroatoms. The molecule has 0 N–H and O–H groups in total. The van der Waals surface area contributed by atoms with E-state index in [2.05, 4.69) is 21.8 Å². The van der Waals surface area contributed by atoms with Crippen LogP contribution in [-0.4, -0.2) is 23.1 Å². The zero-order chi connectivity index (χ0) is 17.9. The summed E-state index contributed by atoms with van der Waals surface area (Å²) in [4.78, 5) is 11.0. The summed E-state index contributed by atoms with van der Waals surface area (Å²) < 4.78 is 38.3. The van der Waals surface area contributed by atoms with Gasteiger partial charge in [-0.05, 0) is 36.5 Å². The molecule has 0 amide bonds. The van der Waals surface area contributed by atoms with Crippen molar-refractivity contribution in [2.24, 2.45) is 5.92 Å². The number of hydrogen-bond acceptors (Lipinski definition) is 4. The second kappa shape index (κ2) is 7.64. The summed E-state index contributed by atoms with van der Waals surface area (Å²) in [6.07, 6.45) is -0.301. The molecule has 3 nitrogen and oxygen atoms in total. The van der Waals surface area contributed by atoms with Crippen LogP contribution in [0.25, 0.3) is 0 Å². The summed E-state index contributed by atoms with van der Waals surface area (Å²) in [5.41, 5.74) is -0.0108. The molecule has 0 aliphatic carbocycles. The van der Waals surface area contributed by atoms with Crippen LogP contribution < -0.4 is 4.90 Å². The van der Waals surface area contributed by atoms with Crippen LogP contribution in [0.4, 0.5) is 19.0 Å². The molecule has 1 aromatic heterocycles. The predicted octanol–water partition coefficient (Wildman–Crippen LogP) is 5.02. The second-order valence-corrected chi connectivity index (χ2v) is 7.30. The van der Waals surface area contributed by atoms with E-state index in [1.165, 1.54) is 23.9 Å². The lowest BCUT2D eigenvalue weighted by molar-refractivity contribution is -0.137. The summed E-state index contributed by atoms with van der Waals surface area (Å²) in [6, 6.07) is 7.29. The molecule has 0 spiro atoms. The molecule has 0 bridgehead atoms. The van der Waals surface area contributed by atoms with Gasteiger partial charge >= 0.3 is 6.18 Å². The number of nitrogens with zero attached hydrogens (tertiary/aromatic N) is 3. The summed E-state index contributed by atoms with van der Waals surface area (Å²) >= 11 is 1.36. The Morgan fingerprint density at radius 1 is 1.20 bits per heavy atom. The van der Waals surface area contributed by atoms with Crippen LogP contribution in [0.5, 0.6) is 0 Å². The molecule has 1 aliphatic heterocycles. The zero-order valence-corrected chi connectivity index (χ0v) is 14.8. The fourth-order valence-corrected chi connectivity index (χ4v) is 3.57. The number of hydrogen-bond donors (Lipinski definition) is 0. The highest BCUT2D eigenvalue weighted by Gasteiger charge is 2.30. The molecule has 0 saturated carbocycles. The number of aromatic nitrogens is 2. The second-order valence-electron chi connectivity index (χ2n) is 6.35. The summed E-state index contributed by atoms with van der Waals surface area (Å²) in [6.45, 7) is 4.22. The molecule has 3 rings (SSSR count). The van der Waals surface area contributed by atoms with E-state index in [9.17, 15) is 13.2 Å². The van der Waals surface area contributed by atoms with E-state index >= 15 is 0 Å². The van der Waals surface area contributed by atoms with Crippen LogP contribution >= 0.6 is 11.8 Å². The largest absolute Gasteiger partial charge is 0.416 e. The average molecular weight is 367 g/mol. The van der Waals surface area contributed by atoms with Crippen molar-refractivity contribution in [3.8, 4) is 0 Å². The number of piperidine rings is 1. The van der Waals surface area contributed by atoms with Crippen LogP contribution in [0, 0.1) is 5.92 Å². The molecule has 1 aliphatic rings. The first-order valence-corrected chi connectivity index (χ1v) is 9.27. The Kier molecular flexibility index (Phi) is 5.51. The van der Waals surface area contributed by atoms with E-state index in [0.717, 1.165) is 43.7 Å². The minimum absolute atomic E-state index is 0.407. The van der Waals surface area contributed by atoms with Crippen molar-refractivity contribution in [2.75, 3.05) is 18.0 Å². The highest BCUT2D eigenvalue weighted by atomic mass is 32.2. The monoisotopic (exact) mass is 367 g/mol. The van der Waals surface area contributed by atoms with Crippen LogP contribution in [0.2, 0.25) is 0 Å². The van der Waals surface area contributed by atoms with Gasteiger partial charge in [0.15, 0.2) is 5.16 Å². The Balaban J connectivity index is 1.65. The first kappa shape index (κ1) is 18.0. The van der Waals surface area contributed by atoms with Crippen molar-refractivity contribution in [1.82, 2.24) is 9.97 Å². The molecular formula is C18H20F3N3S. The van der Waals surface area contributed by atoms with Gasteiger partial charge in [0.2, 0.25) is 0 Å². The topological polar surface area (TPSA) is 29.0 Å². The maximum atomic E-state index is 12.8. The van der Waals surface area contributed by atoms with Crippen molar-refractivity contribution in [1.29, 1.82) is 0 Å². The van der Waals surface area contributed by atoms with Gasteiger partial charge in [0.25, 0.3) is 0 Å². The van der Waals surface area contributed by atoms with Gasteiger partial charge in [0, 0.05) is 25.0 Å². The van der Waals surface area contributed by atoms with Crippen molar-refractivity contribution in [3.05, 3.63) is 47.7 Å². The van der Waals surface area contributed by atoms with Gasteiger partial charge in [0.05, 0.1) is 5.56 Å². The number of alkyl halides is 3. The highest BCUT2D eigenvalue weighted by molar-refractivity contribution is 7.98. The maximum Gasteiger partial charge on any atom is 0.416 e. The molecule has 25 heavy (non-hydrogen) atoms. The van der Waals surface area contributed by atoms with Crippen LogP contribution in [-0.2, 0) is 11.9 Å². The maximum absolute atomic E-state index is 12.8. The quantitative estimate of drug-likeness (QED) is 0.560. The highest BCUT2D eigenvalue weighted by Crippen LogP contribution is 2.31. The van der Waals surface area contributed by atoms with Crippen LogP contribution in [0.1, 0.15) is 30.9 Å². The van der Waals surface area contributed by atoms with Gasteiger partial charge in [-0.1, -0.05) is 36.9 Å². The van der Waals surface area contributed by atoms with E-state index in [-0.39, 0.29) is 0 Å². The lowest BCUT2D eigenvalue weighted by atomic mass is 9.99. The van der Waals surface area contributed by atoms with E-state index in [0.29, 0.717) is 16.5 Å². The Labute approximate surface area is 149 Å². The Bertz CT molecular complexity index is 713. The summed E-state index contributed by atoms with van der Waals surface area (Å²) in [5, 5.41) is 0.591. The Hall–Kier alpha value is -1.76. The van der Waals surface area contributed by atoms with E-state index in [4.69, 9.17) is 0 Å². The first-order chi connectivity index (χ1) is 11.9. The Morgan fingerprint density at radius 3 is 2.68 bits per heavy atom. The molecule has 1 saturated heterocycles. The molecule has 0 atom stereocenters. The number of halogens is 3. The van der Waals surface area contributed by atoms with Crippen molar-refractivity contribution >= 4 is 17.6 Å². The first-order valence-electron chi connectivity index (χ1n) is 8.29. The lowest BCUT2D eigenvalue weighted by Gasteiger charge is -2.31. The molecule has 0 radical (unpaired) electrons. The fourth-order valence-electron chi connectivity index (χ4n) is 2.80. The molecule has 134 valence electrons. The van der Waals surface area contributed by atoms with E-state index < -0.39 is 11.7 Å². The third-order valence-electron chi connectivity index (χ3n) is 4.35. The van der Waals surface area contributed by atoms with Crippen LogP contribution in [0.3, 0.4) is 0 Å². The third-order valence-corrected chi connectivity index (χ3v) is 5.28. The van der Waals surface area contributed by atoms with Gasteiger partial charge in [-0.15, -0.1) is 0 Å². The SMILES string of the molecule is CC1CCN(c2ccnc(SCc3cccc(C(F)(F)F)c3)n2)CC1. The standard InChI is InChI=1S/C18H20F3N3S/c1-13-6-9-24(10-7-13)16-5-8-22-17(23-16)25-12-14-3-2-4-15(11-14)18(19,20)21/h2-5,8,11,13H,6-7,9-10,12H2,1H3. The number of thioether (sulfide) groups is 1. The van der Waals surface area contributed by atoms with Gasteiger partial charge in [-0.3, -0.25) is 0 Å². The molecule has 2 heterocycles.